The van der Waals surface area contributed by atoms with E-state index < -0.39 is 11.6 Å². The number of fused-ring (bicyclic) bond motifs is 2. The number of hydrogen-bond donors (Lipinski definition) is 3. The summed E-state index contributed by atoms with van der Waals surface area (Å²) in [4.78, 5) is 39.7. The van der Waals surface area contributed by atoms with Crippen LogP contribution in [-0.4, -0.2) is 31.8 Å². The van der Waals surface area contributed by atoms with Crippen LogP contribution in [0.1, 0.15) is 23.4 Å². The van der Waals surface area contributed by atoms with Crippen LogP contribution in [0.15, 0.2) is 54.6 Å². The van der Waals surface area contributed by atoms with Crippen molar-refractivity contribution in [2.45, 2.75) is 24.9 Å². The zero-order valence-electron chi connectivity index (χ0n) is 16.0. The first kappa shape index (κ1) is 18.0. The molecule has 4 N–H and O–H groups in total. The smallest absolute Gasteiger partial charge is 0.325 e. The van der Waals surface area contributed by atoms with E-state index in [1.54, 1.807) is 0 Å². The summed E-state index contributed by atoms with van der Waals surface area (Å²) in [5.74, 6) is 0.185. The number of para-hydroxylation sites is 1. The first-order valence-corrected chi connectivity index (χ1v) is 9.60. The predicted molar refractivity (Wildman–Crippen MR) is 109 cm³/mol. The molecule has 5 rings (SSSR count). The van der Waals surface area contributed by atoms with Gasteiger partial charge >= 0.3 is 6.03 Å². The predicted octanol–water partition coefficient (Wildman–Crippen LogP) is 2.09. The lowest BCUT2D eigenvalue weighted by atomic mass is 9.92. The molecule has 0 bridgehead atoms. The highest BCUT2D eigenvalue weighted by Gasteiger charge is 2.55. The summed E-state index contributed by atoms with van der Waals surface area (Å²) < 4.78 is 0. The summed E-state index contributed by atoms with van der Waals surface area (Å²) in [5, 5.41) is 5.94. The van der Waals surface area contributed by atoms with Crippen LogP contribution in [0.3, 0.4) is 0 Å². The molecular weight excluding hydrogens is 382 g/mol. The van der Waals surface area contributed by atoms with E-state index >= 15 is 0 Å². The van der Waals surface area contributed by atoms with Crippen LogP contribution in [0.4, 0.5) is 22.4 Å². The van der Waals surface area contributed by atoms with Gasteiger partial charge in [-0.25, -0.2) is 4.79 Å². The number of carbonyl (C=O) groups is 2. The van der Waals surface area contributed by atoms with E-state index in [0.717, 1.165) is 28.1 Å². The molecule has 150 valence electrons. The Balaban J connectivity index is 1.41. The molecule has 9 heteroatoms. The van der Waals surface area contributed by atoms with Gasteiger partial charge in [-0.1, -0.05) is 42.5 Å². The van der Waals surface area contributed by atoms with Crippen LogP contribution in [-0.2, 0) is 23.3 Å². The van der Waals surface area contributed by atoms with Crippen molar-refractivity contribution in [1.82, 2.24) is 25.2 Å². The van der Waals surface area contributed by atoms with Crippen molar-refractivity contribution in [1.29, 1.82) is 0 Å². The Kier molecular flexibility index (Phi) is 4.09. The number of hydrogen-bond acceptors (Lipinski definition) is 7. The summed E-state index contributed by atoms with van der Waals surface area (Å²) in [7, 11) is 0. The van der Waals surface area contributed by atoms with Gasteiger partial charge in [0.05, 0.1) is 6.54 Å². The van der Waals surface area contributed by atoms with Crippen molar-refractivity contribution < 1.29 is 9.59 Å². The fraction of sp³-hybridized carbons (Fsp3) is 0.190. The van der Waals surface area contributed by atoms with Crippen LogP contribution in [0.25, 0.3) is 0 Å². The summed E-state index contributed by atoms with van der Waals surface area (Å²) >= 11 is 0. The fourth-order valence-corrected chi connectivity index (χ4v) is 4.09. The molecule has 1 aliphatic heterocycles. The van der Waals surface area contributed by atoms with Gasteiger partial charge in [0, 0.05) is 5.69 Å². The molecule has 2 heterocycles. The molecule has 1 spiro atoms. The third kappa shape index (κ3) is 2.91. The van der Waals surface area contributed by atoms with Gasteiger partial charge in [-0.05, 0) is 36.1 Å². The molecule has 0 saturated carbocycles. The van der Waals surface area contributed by atoms with E-state index in [-0.39, 0.29) is 30.2 Å². The molecule has 2 aromatic carbocycles. The minimum atomic E-state index is -1.02. The number of nitrogen functional groups attached to an aromatic ring is 1. The second kappa shape index (κ2) is 6.80. The Bertz CT molecular complexity index is 1150. The number of nitrogens with one attached hydrogen (secondary N) is 2. The summed E-state index contributed by atoms with van der Waals surface area (Å²) in [6, 6.07) is 16.6. The van der Waals surface area contributed by atoms with E-state index in [1.165, 1.54) is 0 Å². The lowest BCUT2D eigenvalue weighted by Gasteiger charge is -2.22. The van der Waals surface area contributed by atoms with Crippen LogP contribution in [0, 0.1) is 0 Å². The second-order valence-corrected chi connectivity index (χ2v) is 7.31. The fourth-order valence-electron chi connectivity index (χ4n) is 4.09. The van der Waals surface area contributed by atoms with Gasteiger partial charge in [0.15, 0.2) is 5.82 Å². The van der Waals surface area contributed by atoms with E-state index in [1.807, 2.05) is 54.6 Å². The Labute approximate surface area is 172 Å². The molecule has 3 aromatic rings. The molecule has 1 atom stereocenters. The van der Waals surface area contributed by atoms with Crippen LogP contribution < -0.4 is 16.4 Å². The van der Waals surface area contributed by atoms with Crippen LogP contribution >= 0.6 is 0 Å². The van der Waals surface area contributed by atoms with Crippen LogP contribution in [0.2, 0.25) is 0 Å². The van der Waals surface area contributed by atoms with Gasteiger partial charge in [0.2, 0.25) is 11.9 Å². The van der Waals surface area contributed by atoms with Crippen molar-refractivity contribution in [3.05, 3.63) is 71.5 Å². The minimum Gasteiger partial charge on any atom is -0.368 e. The summed E-state index contributed by atoms with van der Waals surface area (Å²) in [5.41, 5.74) is 7.53. The third-order valence-corrected chi connectivity index (χ3v) is 5.45. The number of imide groups is 1. The first-order valence-electron chi connectivity index (χ1n) is 9.60. The number of anilines is 3. The number of nitrogens with zero attached hydrogens (tertiary/aromatic N) is 4. The maximum Gasteiger partial charge on any atom is 0.325 e. The number of carbonyl (C=O) groups excluding carboxylic acids is 2. The molecule has 9 nitrogen and oxygen atoms in total. The van der Waals surface area contributed by atoms with Crippen molar-refractivity contribution >= 4 is 29.5 Å². The molecule has 1 aromatic heterocycles. The van der Waals surface area contributed by atoms with Crippen LogP contribution in [0.5, 0.6) is 0 Å². The number of aromatic nitrogens is 3. The number of rotatable bonds is 4. The zero-order chi connectivity index (χ0) is 20.7. The van der Waals surface area contributed by atoms with E-state index in [0.29, 0.717) is 6.42 Å². The van der Waals surface area contributed by atoms with E-state index in [2.05, 4.69) is 25.6 Å². The lowest BCUT2D eigenvalue weighted by molar-refractivity contribution is -0.132. The van der Waals surface area contributed by atoms with Gasteiger partial charge in [-0.3, -0.25) is 9.69 Å². The zero-order valence-corrected chi connectivity index (χ0v) is 16.0. The SMILES string of the molecule is Nc1nc(CN2C(=O)N[C@@]3(CCc4ccccc43)C2=O)nc(Nc2ccccc2)n1. The van der Waals surface area contributed by atoms with Gasteiger partial charge in [0.25, 0.3) is 5.91 Å². The molecule has 1 saturated heterocycles. The molecule has 2 aliphatic rings. The van der Waals surface area contributed by atoms with Crippen molar-refractivity contribution in [2.24, 2.45) is 0 Å². The molecule has 0 radical (unpaired) electrons. The van der Waals surface area contributed by atoms with Crippen molar-refractivity contribution in [3.8, 4) is 0 Å². The standard InChI is InChI=1S/C21H19N7O2/c22-18-24-16(25-19(26-18)23-14-7-2-1-3-8-14)12-28-17(29)21(27-20(28)30)11-10-13-6-4-5-9-15(13)21/h1-9H,10-12H2,(H,27,30)(H3,22,23,24,25,26)/t21-/m1/s1. The monoisotopic (exact) mass is 401 g/mol. The highest BCUT2D eigenvalue weighted by molar-refractivity contribution is 6.08. The number of benzene rings is 2. The Morgan fingerprint density at radius 3 is 2.63 bits per heavy atom. The quantitative estimate of drug-likeness (QED) is 0.572. The van der Waals surface area contributed by atoms with Gasteiger partial charge < -0.3 is 16.4 Å². The Hall–Kier alpha value is -4.01. The molecule has 3 amide bonds. The maximum absolute atomic E-state index is 13.3. The number of urea groups is 1. The van der Waals surface area contributed by atoms with Gasteiger partial charge in [0.1, 0.15) is 5.54 Å². The Morgan fingerprint density at radius 1 is 1.03 bits per heavy atom. The highest BCUT2D eigenvalue weighted by Crippen LogP contribution is 2.41. The minimum absolute atomic E-state index is 0.00594. The molecule has 0 unspecified atom stereocenters. The molecular formula is C21H19N7O2. The topological polar surface area (TPSA) is 126 Å². The average molecular weight is 401 g/mol. The normalized spacial score (nSPS) is 19.8. The largest absolute Gasteiger partial charge is 0.368 e. The number of amides is 3. The van der Waals surface area contributed by atoms with Gasteiger partial charge in [-0.2, -0.15) is 15.0 Å². The Morgan fingerprint density at radius 2 is 1.80 bits per heavy atom. The third-order valence-electron chi connectivity index (χ3n) is 5.45. The highest BCUT2D eigenvalue weighted by atomic mass is 16.2. The van der Waals surface area contributed by atoms with E-state index in [9.17, 15) is 9.59 Å². The van der Waals surface area contributed by atoms with Crippen molar-refractivity contribution in [3.63, 3.8) is 0 Å². The average Bonchev–Trinajstić information content (AvgIpc) is 3.22. The number of nitrogens with two attached hydrogens (primary N) is 1. The summed E-state index contributed by atoms with van der Waals surface area (Å²) in [6.45, 7) is -0.0925. The van der Waals surface area contributed by atoms with E-state index in [4.69, 9.17) is 5.73 Å². The van der Waals surface area contributed by atoms with Gasteiger partial charge in [-0.15, -0.1) is 0 Å². The summed E-state index contributed by atoms with van der Waals surface area (Å²) in [6.07, 6.45) is 1.27. The number of aryl methyl sites for hydroxylation is 1. The molecule has 1 aliphatic carbocycles. The van der Waals surface area contributed by atoms with Crippen molar-refractivity contribution in [2.75, 3.05) is 11.1 Å². The molecule has 30 heavy (non-hydrogen) atoms. The molecule has 1 fully saturated rings. The first-order chi connectivity index (χ1) is 14.5. The lowest BCUT2D eigenvalue weighted by Crippen LogP contribution is -2.41. The second-order valence-electron chi connectivity index (χ2n) is 7.31. The maximum atomic E-state index is 13.3.